The largest absolute Gasteiger partial charge is 0.289 e. The molecule has 0 saturated carbocycles. The summed E-state index contributed by atoms with van der Waals surface area (Å²) in [5.41, 5.74) is 4.56. The zero-order valence-electron chi connectivity index (χ0n) is 25.2. The van der Waals surface area contributed by atoms with Crippen LogP contribution in [0.25, 0.3) is 64.9 Å². The first-order chi connectivity index (χ1) is 23.3. The van der Waals surface area contributed by atoms with Crippen LogP contribution < -0.4 is 0 Å². The topological polar surface area (TPSA) is 29.6 Å². The zero-order chi connectivity index (χ0) is 30.9. The third-order valence-electron chi connectivity index (χ3n) is 9.33. The zero-order valence-corrected chi connectivity index (χ0v) is 27.4. The predicted molar refractivity (Wildman–Crippen MR) is 210 cm³/mol. The fourth-order valence-electron chi connectivity index (χ4n) is 7.29. The SMILES string of the molecule is c1ccc(C2=NC(c3ccccc3)=IC(n3c4ccc5ccccc5c4c4c5c6ccccc6c6ccccc6c5ccc43)=N2)cc1. The standard InChI is InChI=1S/C43H26IN3/c1-3-14-28(15-4-1)41-44-43(46-42(45-41)29-16-5-2-6-17-29)47-36-25-23-27-13-7-8-18-30(27)39(36)40-37(47)26-24-35-33-21-10-9-19-31(33)32-20-11-12-22-34(32)38(35)40/h1-26H. The summed E-state index contributed by atoms with van der Waals surface area (Å²) in [5.74, 6) is 0.762. The molecule has 1 aliphatic heterocycles. The number of hydrogen-bond donors (Lipinski definition) is 0. The first kappa shape index (κ1) is 26.7. The van der Waals surface area contributed by atoms with Gasteiger partial charge in [0.05, 0.1) is 11.0 Å². The molecule has 0 fully saturated rings. The minimum atomic E-state index is -0.727. The van der Waals surface area contributed by atoms with Crippen molar-refractivity contribution in [3.8, 4) is 0 Å². The lowest BCUT2D eigenvalue weighted by Gasteiger charge is -2.15. The van der Waals surface area contributed by atoms with Crippen LogP contribution in [0.5, 0.6) is 0 Å². The van der Waals surface area contributed by atoms with Gasteiger partial charge in [0.1, 0.15) is 3.63 Å². The van der Waals surface area contributed by atoms with Crippen molar-refractivity contribution in [3.05, 3.63) is 169 Å². The van der Waals surface area contributed by atoms with Crippen molar-refractivity contribution in [1.29, 1.82) is 0 Å². The molecule has 47 heavy (non-hydrogen) atoms. The summed E-state index contributed by atoms with van der Waals surface area (Å²) in [5, 5.41) is 12.8. The smallest absolute Gasteiger partial charge is 0.174 e. The monoisotopic (exact) mass is 711 g/mol. The molecule has 1 aliphatic rings. The predicted octanol–water partition coefficient (Wildman–Crippen LogP) is 11.2. The molecule has 8 aromatic carbocycles. The van der Waals surface area contributed by atoms with Gasteiger partial charge < -0.3 is 0 Å². The van der Waals surface area contributed by atoms with Crippen LogP contribution in [-0.2, 0) is 0 Å². The van der Waals surface area contributed by atoms with E-state index in [4.69, 9.17) is 9.98 Å². The van der Waals surface area contributed by atoms with Gasteiger partial charge in [0, 0.05) is 27.3 Å². The van der Waals surface area contributed by atoms with Crippen LogP contribution in [0, 0.1) is 0 Å². The Bertz CT molecular complexity index is 2750. The Morgan fingerprint density at radius 2 is 0.915 bits per heavy atom. The van der Waals surface area contributed by atoms with Crippen molar-refractivity contribution in [2.75, 3.05) is 0 Å². The molecule has 0 spiro atoms. The number of nitrogens with zero attached hydrogens (tertiary/aromatic N) is 3. The van der Waals surface area contributed by atoms with Crippen molar-refractivity contribution < 1.29 is 0 Å². The Morgan fingerprint density at radius 1 is 0.383 bits per heavy atom. The number of aliphatic imine (C=N–C) groups is 2. The quantitative estimate of drug-likeness (QED) is 0.126. The molecule has 220 valence electrons. The molecule has 1 aromatic heterocycles. The normalized spacial score (nSPS) is 13.7. The van der Waals surface area contributed by atoms with Crippen molar-refractivity contribution in [3.63, 3.8) is 0 Å². The Labute approximate surface area is 280 Å². The highest BCUT2D eigenvalue weighted by Gasteiger charge is 2.23. The number of amidine groups is 1. The summed E-state index contributed by atoms with van der Waals surface area (Å²) in [6.45, 7) is 0. The van der Waals surface area contributed by atoms with E-state index in [0.717, 1.165) is 24.4 Å². The minimum Gasteiger partial charge on any atom is -0.289 e. The van der Waals surface area contributed by atoms with Crippen LogP contribution in [-0.4, -0.2) is 17.9 Å². The van der Waals surface area contributed by atoms with Crippen LogP contribution in [0.1, 0.15) is 11.1 Å². The van der Waals surface area contributed by atoms with E-state index in [1.54, 1.807) is 0 Å². The highest BCUT2D eigenvalue weighted by atomic mass is 127. The molecule has 0 bridgehead atoms. The third-order valence-corrected chi connectivity index (χ3v) is 11.9. The van der Waals surface area contributed by atoms with Crippen LogP contribution >= 0.6 is 20.7 Å². The summed E-state index contributed by atoms with van der Waals surface area (Å²) in [6, 6.07) is 56.8. The summed E-state index contributed by atoms with van der Waals surface area (Å²) in [6.07, 6.45) is 0. The number of hydrogen-bond acceptors (Lipinski definition) is 2. The highest BCUT2D eigenvalue weighted by molar-refractivity contribution is 14.2. The maximum Gasteiger partial charge on any atom is 0.174 e. The average molecular weight is 712 g/mol. The first-order valence-corrected chi connectivity index (χ1v) is 18.0. The Balaban J connectivity index is 1.40. The van der Waals surface area contributed by atoms with Gasteiger partial charge in [0.2, 0.25) is 0 Å². The van der Waals surface area contributed by atoms with Gasteiger partial charge in [0.25, 0.3) is 0 Å². The molecule has 0 amide bonds. The van der Waals surface area contributed by atoms with Gasteiger partial charge in [-0.3, -0.25) is 4.57 Å². The van der Waals surface area contributed by atoms with E-state index < -0.39 is 20.7 Å². The van der Waals surface area contributed by atoms with Gasteiger partial charge in [-0.05, 0) is 70.6 Å². The van der Waals surface area contributed by atoms with Gasteiger partial charge in [0.15, 0.2) is 9.68 Å². The average Bonchev–Trinajstić information content (AvgIpc) is 3.50. The third kappa shape index (κ3) is 4.08. The summed E-state index contributed by atoms with van der Waals surface area (Å²) in [7, 11) is 0. The van der Waals surface area contributed by atoms with Gasteiger partial charge in [-0.2, -0.15) is 0 Å². The molecular weight excluding hydrogens is 685 g/mol. The summed E-state index contributed by atoms with van der Waals surface area (Å²) >= 11 is -0.727. The van der Waals surface area contributed by atoms with Gasteiger partial charge in [-0.1, -0.05) is 146 Å². The van der Waals surface area contributed by atoms with Crippen molar-refractivity contribution in [2.45, 2.75) is 0 Å². The second kappa shape index (κ2) is 10.5. The van der Waals surface area contributed by atoms with Gasteiger partial charge >= 0.3 is 0 Å². The second-order valence-corrected chi connectivity index (χ2v) is 14.4. The first-order valence-electron chi connectivity index (χ1n) is 15.8. The fourth-order valence-corrected chi connectivity index (χ4v) is 9.88. The second-order valence-electron chi connectivity index (χ2n) is 11.9. The van der Waals surface area contributed by atoms with E-state index >= 15 is 0 Å². The fraction of sp³-hybridized carbons (Fsp3) is 0. The Morgan fingerprint density at radius 3 is 1.64 bits per heavy atom. The van der Waals surface area contributed by atoms with Crippen molar-refractivity contribution >= 4 is 98.9 Å². The Hall–Kier alpha value is -5.46. The maximum atomic E-state index is 5.40. The van der Waals surface area contributed by atoms with Crippen LogP contribution in [0.2, 0.25) is 0 Å². The molecular formula is C43H26IN3. The van der Waals surface area contributed by atoms with E-state index in [0.29, 0.717) is 0 Å². The maximum absolute atomic E-state index is 5.40. The molecule has 0 aliphatic carbocycles. The molecule has 2 heterocycles. The van der Waals surface area contributed by atoms with E-state index in [-0.39, 0.29) is 0 Å². The number of halogens is 1. The molecule has 10 rings (SSSR count). The highest BCUT2D eigenvalue weighted by Crippen LogP contribution is 2.45. The molecule has 0 radical (unpaired) electrons. The van der Waals surface area contributed by atoms with Crippen molar-refractivity contribution in [2.24, 2.45) is 9.98 Å². The summed E-state index contributed by atoms with van der Waals surface area (Å²) < 4.78 is 4.66. The van der Waals surface area contributed by atoms with Crippen LogP contribution in [0.15, 0.2) is 168 Å². The minimum absolute atomic E-state index is 0.727. The van der Waals surface area contributed by atoms with Crippen LogP contribution in [0.3, 0.4) is 0 Å². The number of rotatable bonds is 2. The van der Waals surface area contributed by atoms with Gasteiger partial charge in [-0.25, -0.2) is 9.98 Å². The van der Waals surface area contributed by atoms with Gasteiger partial charge in [-0.15, -0.1) is 0 Å². The van der Waals surface area contributed by atoms with E-state index in [9.17, 15) is 0 Å². The number of fused-ring (bicyclic) bond motifs is 12. The molecule has 0 unspecified atom stereocenters. The van der Waals surface area contributed by atoms with E-state index in [1.165, 1.54) is 64.9 Å². The lowest BCUT2D eigenvalue weighted by molar-refractivity contribution is 1.31. The Kier molecular flexibility index (Phi) is 5.99. The van der Waals surface area contributed by atoms with Crippen molar-refractivity contribution in [1.82, 2.24) is 4.57 Å². The summed E-state index contributed by atoms with van der Waals surface area (Å²) in [4.78, 5) is 10.6. The molecule has 0 atom stereocenters. The van der Waals surface area contributed by atoms with E-state index in [1.807, 2.05) is 6.07 Å². The lowest BCUT2D eigenvalue weighted by Crippen LogP contribution is -2.15. The number of aromatic nitrogens is 1. The molecule has 0 saturated heterocycles. The van der Waals surface area contributed by atoms with E-state index in [2.05, 4.69) is 156 Å². The van der Waals surface area contributed by atoms with Crippen LogP contribution in [0.4, 0.5) is 0 Å². The lowest BCUT2D eigenvalue weighted by atomic mass is 9.91. The molecule has 4 heteroatoms. The number of benzene rings is 8. The molecule has 3 nitrogen and oxygen atoms in total. The molecule has 9 aromatic rings. The molecule has 0 N–H and O–H groups in total.